The summed E-state index contributed by atoms with van der Waals surface area (Å²) in [5, 5.41) is 19.0. The van der Waals surface area contributed by atoms with Gasteiger partial charge in [-0.1, -0.05) is 17.8 Å². The number of carboxylic acid groups (broad SMARTS) is 1. The highest BCUT2D eigenvalue weighted by Crippen LogP contribution is 2.30. The molecule has 0 fully saturated rings. The average Bonchev–Trinajstić information content (AvgIpc) is 3.03. The molecular weight excluding hydrogens is 300 g/mol. The molecule has 20 heavy (non-hydrogen) atoms. The molecule has 1 unspecified atom stereocenters. The number of hydrogen-bond acceptors (Lipinski definition) is 6. The highest BCUT2D eigenvalue weighted by Gasteiger charge is 2.23. The van der Waals surface area contributed by atoms with Crippen molar-refractivity contribution in [3.05, 3.63) is 17.5 Å². The van der Waals surface area contributed by atoms with Gasteiger partial charge in [-0.05, 0) is 18.4 Å². The molecule has 9 heteroatoms. The van der Waals surface area contributed by atoms with Crippen LogP contribution in [0.4, 0.5) is 0 Å². The number of nitrogens with two attached hydrogens (primary N) is 1. The second-order valence-electron chi connectivity index (χ2n) is 3.91. The molecule has 2 aromatic rings. The number of carboxylic acids is 1. The van der Waals surface area contributed by atoms with E-state index >= 15 is 0 Å². The van der Waals surface area contributed by atoms with Gasteiger partial charge in [-0.25, -0.2) is 0 Å². The fraction of sp³-hybridized carbons (Fsp3) is 0.273. The summed E-state index contributed by atoms with van der Waals surface area (Å²) in [6.07, 6.45) is 0. The van der Waals surface area contributed by atoms with E-state index in [0.29, 0.717) is 11.0 Å². The lowest BCUT2D eigenvalue weighted by atomic mass is 10.3. The standard InChI is InChI=1S/C11H12N4O3S2/c1-6(9(12)18)15-10(7-3-2-4-19-7)13-14-11(15)20-5-8(16)17/h2-4,6H,5H2,1H3,(H2,12,18)(H,16,17). The molecule has 2 heterocycles. The van der Waals surface area contributed by atoms with Crippen LogP contribution in [0.2, 0.25) is 0 Å². The van der Waals surface area contributed by atoms with Gasteiger partial charge in [0.1, 0.15) is 6.04 Å². The third-order valence-electron chi connectivity index (χ3n) is 2.53. The van der Waals surface area contributed by atoms with Gasteiger partial charge in [-0.15, -0.1) is 21.5 Å². The van der Waals surface area contributed by atoms with Gasteiger partial charge < -0.3 is 10.8 Å². The number of thioether (sulfide) groups is 1. The smallest absolute Gasteiger partial charge is 0.313 e. The van der Waals surface area contributed by atoms with Crippen molar-refractivity contribution in [1.82, 2.24) is 14.8 Å². The second-order valence-corrected chi connectivity index (χ2v) is 5.80. The normalized spacial score (nSPS) is 12.2. The van der Waals surface area contributed by atoms with Crippen molar-refractivity contribution in [2.75, 3.05) is 5.75 Å². The lowest BCUT2D eigenvalue weighted by Crippen LogP contribution is -2.25. The molecule has 0 aliphatic heterocycles. The summed E-state index contributed by atoms with van der Waals surface area (Å²) >= 11 is 2.46. The van der Waals surface area contributed by atoms with E-state index in [-0.39, 0.29) is 5.75 Å². The maximum atomic E-state index is 11.4. The Morgan fingerprint density at radius 1 is 1.55 bits per heavy atom. The SMILES string of the molecule is CC(C(N)=O)n1c(SCC(=O)O)nnc1-c1cccs1. The Morgan fingerprint density at radius 2 is 2.30 bits per heavy atom. The van der Waals surface area contributed by atoms with E-state index in [4.69, 9.17) is 10.8 Å². The molecule has 0 aliphatic carbocycles. The number of aliphatic carboxylic acids is 1. The van der Waals surface area contributed by atoms with Crippen molar-refractivity contribution < 1.29 is 14.7 Å². The summed E-state index contributed by atoms with van der Waals surface area (Å²) in [5.41, 5.74) is 5.34. The van der Waals surface area contributed by atoms with Crippen LogP contribution in [0.15, 0.2) is 22.7 Å². The highest BCUT2D eigenvalue weighted by molar-refractivity contribution is 7.99. The summed E-state index contributed by atoms with van der Waals surface area (Å²) in [4.78, 5) is 22.9. The Balaban J connectivity index is 2.42. The molecule has 2 aromatic heterocycles. The van der Waals surface area contributed by atoms with Crippen molar-refractivity contribution in [3.8, 4) is 10.7 Å². The molecule has 0 bridgehead atoms. The summed E-state index contributed by atoms with van der Waals surface area (Å²) < 4.78 is 1.57. The first-order chi connectivity index (χ1) is 9.50. The topological polar surface area (TPSA) is 111 Å². The van der Waals surface area contributed by atoms with Crippen LogP contribution in [0.1, 0.15) is 13.0 Å². The van der Waals surface area contributed by atoms with Crippen LogP contribution in [0.25, 0.3) is 10.7 Å². The second kappa shape index (κ2) is 6.06. The van der Waals surface area contributed by atoms with Crippen molar-refractivity contribution in [2.45, 2.75) is 18.1 Å². The van der Waals surface area contributed by atoms with Gasteiger partial charge in [-0.2, -0.15) is 0 Å². The lowest BCUT2D eigenvalue weighted by molar-refractivity contribution is -0.133. The monoisotopic (exact) mass is 312 g/mol. The molecule has 2 rings (SSSR count). The van der Waals surface area contributed by atoms with E-state index in [1.165, 1.54) is 11.3 Å². The Bertz CT molecular complexity index is 624. The molecule has 0 saturated carbocycles. The zero-order valence-corrected chi connectivity index (χ0v) is 12.1. The number of thiophene rings is 1. The van der Waals surface area contributed by atoms with Gasteiger partial charge >= 0.3 is 5.97 Å². The minimum atomic E-state index is -0.964. The molecule has 7 nitrogen and oxygen atoms in total. The van der Waals surface area contributed by atoms with Crippen LogP contribution in [-0.4, -0.2) is 37.5 Å². The molecule has 1 atom stereocenters. The minimum Gasteiger partial charge on any atom is -0.481 e. The number of carbonyl (C=O) groups excluding carboxylic acids is 1. The number of aromatic nitrogens is 3. The molecule has 0 aliphatic rings. The quantitative estimate of drug-likeness (QED) is 0.776. The van der Waals surface area contributed by atoms with Crippen molar-refractivity contribution in [1.29, 1.82) is 0 Å². The van der Waals surface area contributed by atoms with E-state index in [1.807, 2.05) is 17.5 Å². The van der Waals surface area contributed by atoms with E-state index in [9.17, 15) is 9.59 Å². The van der Waals surface area contributed by atoms with Gasteiger partial charge in [-0.3, -0.25) is 14.2 Å². The highest BCUT2D eigenvalue weighted by atomic mass is 32.2. The maximum absolute atomic E-state index is 11.4. The number of primary amides is 1. The number of rotatable bonds is 6. The van der Waals surface area contributed by atoms with Crippen LogP contribution in [0, 0.1) is 0 Å². The van der Waals surface area contributed by atoms with Gasteiger partial charge in [0.15, 0.2) is 11.0 Å². The van der Waals surface area contributed by atoms with Crippen molar-refractivity contribution in [2.24, 2.45) is 5.73 Å². The molecule has 1 amide bonds. The largest absolute Gasteiger partial charge is 0.481 e. The van der Waals surface area contributed by atoms with Crippen molar-refractivity contribution >= 4 is 35.0 Å². The maximum Gasteiger partial charge on any atom is 0.313 e. The molecular formula is C11H12N4O3S2. The summed E-state index contributed by atoms with van der Waals surface area (Å²) in [6.45, 7) is 1.63. The summed E-state index contributed by atoms with van der Waals surface area (Å²) in [6, 6.07) is 3.06. The van der Waals surface area contributed by atoms with Crippen LogP contribution < -0.4 is 5.73 Å². The van der Waals surface area contributed by atoms with Gasteiger partial charge in [0.25, 0.3) is 0 Å². The van der Waals surface area contributed by atoms with Gasteiger partial charge in [0.05, 0.1) is 10.6 Å². The average molecular weight is 312 g/mol. The Morgan fingerprint density at radius 3 is 2.85 bits per heavy atom. The molecule has 3 N–H and O–H groups in total. The third kappa shape index (κ3) is 2.99. The number of amides is 1. The predicted octanol–water partition coefficient (Wildman–Crippen LogP) is 1.23. The minimum absolute atomic E-state index is 0.159. The fourth-order valence-electron chi connectivity index (χ4n) is 1.55. The summed E-state index contributed by atoms with van der Waals surface area (Å²) in [5.74, 6) is -1.14. The fourth-order valence-corrected chi connectivity index (χ4v) is 2.99. The van der Waals surface area contributed by atoms with E-state index in [0.717, 1.165) is 16.6 Å². The van der Waals surface area contributed by atoms with E-state index in [2.05, 4.69) is 10.2 Å². The molecule has 0 spiro atoms. The Kier molecular flexibility index (Phi) is 4.40. The predicted molar refractivity (Wildman–Crippen MR) is 75.6 cm³/mol. The lowest BCUT2D eigenvalue weighted by Gasteiger charge is -2.13. The van der Waals surface area contributed by atoms with E-state index in [1.54, 1.807) is 11.5 Å². The van der Waals surface area contributed by atoms with Gasteiger partial charge in [0.2, 0.25) is 5.91 Å². The number of carbonyl (C=O) groups is 2. The Labute approximate surface area is 122 Å². The van der Waals surface area contributed by atoms with Crippen LogP contribution >= 0.6 is 23.1 Å². The molecule has 106 valence electrons. The number of hydrogen-bond donors (Lipinski definition) is 2. The van der Waals surface area contributed by atoms with E-state index < -0.39 is 17.9 Å². The van der Waals surface area contributed by atoms with Crippen LogP contribution in [-0.2, 0) is 9.59 Å². The van der Waals surface area contributed by atoms with Gasteiger partial charge in [0, 0.05) is 0 Å². The molecule has 0 saturated heterocycles. The zero-order chi connectivity index (χ0) is 14.7. The van der Waals surface area contributed by atoms with Crippen molar-refractivity contribution in [3.63, 3.8) is 0 Å². The third-order valence-corrected chi connectivity index (χ3v) is 4.32. The molecule has 0 radical (unpaired) electrons. The first kappa shape index (κ1) is 14.5. The summed E-state index contributed by atoms with van der Waals surface area (Å²) in [7, 11) is 0. The zero-order valence-electron chi connectivity index (χ0n) is 10.5. The number of nitrogens with zero attached hydrogens (tertiary/aromatic N) is 3. The van der Waals surface area contributed by atoms with Crippen LogP contribution in [0.5, 0.6) is 0 Å². The molecule has 0 aromatic carbocycles. The first-order valence-corrected chi connectivity index (χ1v) is 7.50. The Hall–Kier alpha value is -1.87. The van der Waals surface area contributed by atoms with Crippen LogP contribution in [0.3, 0.4) is 0 Å². The first-order valence-electron chi connectivity index (χ1n) is 5.63.